The Morgan fingerprint density at radius 1 is 1.11 bits per heavy atom. The van der Waals surface area contributed by atoms with E-state index in [9.17, 15) is 8.42 Å². The van der Waals surface area contributed by atoms with Gasteiger partial charge >= 0.3 is 0 Å². The van der Waals surface area contributed by atoms with Crippen LogP contribution < -0.4 is 14.8 Å². The third-order valence-electron chi connectivity index (χ3n) is 4.45. The van der Waals surface area contributed by atoms with Crippen molar-refractivity contribution in [3.05, 3.63) is 66.5 Å². The number of sulfonamides is 1. The van der Waals surface area contributed by atoms with Crippen molar-refractivity contribution in [2.45, 2.75) is 24.3 Å². The number of rotatable bonds is 9. The number of nitrogens with zero attached hydrogens (tertiary/aromatic N) is 1. The van der Waals surface area contributed by atoms with Crippen LogP contribution in [0.15, 0.2) is 65.8 Å². The predicted octanol–water partition coefficient (Wildman–Crippen LogP) is 2.74. The van der Waals surface area contributed by atoms with E-state index in [0.717, 1.165) is 29.5 Å². The largest absolute Gasteiger partial charge is 0.497 e. The van der Waals surface area contributed by atoms with Crippen molar-refractivity contribution in [1.29, 1.82) is 0 Å². The number of aromatic nitrogens is 1. The molecule has 0 spiro atoms. The summed E-state index contributed by atoms with van der Waals surface area (Å²) in [5.41, 5.74) is 1.17. The normalized spacial score (nSPS) is 12.8. The molecule has 28 heavy (non-hydrogen) atoms. The first-order valence-electron chi connectivity index (χ1n) is 9.18. The van der Waals surface area contributed by atoms with Crippen molar-refractivity contribution in [1.82, 2.24) is 15.0 Å². The second-order valence-electron chi connectivity index (χ2n) is 6.71. The molecular formula is C21H25N3O3S. The van der Waals surface area contributed by atoms with Crippen LogP contribution in [0.2, 0.25) is 0 Å². The van der Waals surface area contributed by atoms with Crippen LogP contribution in [-0.4, -0.2) is 39.6 Å². The Hall–Kier alpha value is -2.48. The van der Waals surface area contributed by atoms with Crippen molar-refractivity contribution >= 4 is 20.8 Å². The molecule has 2 aromatic carbocycles. The van der Waals surface area contributed by atoms with Crippen molar-refractivity contribution < 1.29 is 13.2 Å². The summed E-state index contributed by atoms with van der Waals surface area (Å²) >= 11 is 0. The van der Waals surface area contributed by atoms with Gasteiger partial charge < -0.3 is 10.1 Å². The molecule has 0 fully saturated rings. The van der Waals surface area contributed by atoms with E-state index < -0.39 is 10.0 Å². The first kappa shape index (κ1) is 20.3. The van der Waals surface area contributed by atoms with E-state index in [2.05, 4.69) is 15.0 Å². The fourth-order valence-electron chi connectivity index (χ4n) is 2.98. The average Bonchev–Trinajstić information content (AvgIpc) is 2.70. The lowest BCUT2D eigenvalue weighted by atomic mass is 10.1. The maximum Gasteiger partial charge on any atom is 0.240 e. The fraction of sp³-hybridized carbons (Fsp3) is 0.286. The Morgan fingerprint density at radius 3 is 2.79 bits per heavy atom. The van der Waals surface area contributed by atoms with Gasteiger partial charge in [-0.15, -0.1) is 0 Å². The zero-order chi connectivity index (χ0) is 20.0. The maximum atomic E-state index is 12.6. The van der Waals surface area contributed by atoms with E-state index in [1.54, 1.807) is 43.8 Å². The van der Waals surface area contributed by atoms with Gasteiger partial charge in [0.2, 0.25) is 10.0 Å². The summed E-state index contributed by atoms with van der Waals surface area (Å²) < 4.78 is 33.2. The van der Waals surface area contributed by atoms with E-state index in [1.807, 2.05) is 31.2 Å². The SMILES string of the molecule is COc1cccc(CCNCC(C)NS(=O)(=O)c2ccc3cnccc3c2)c1. The molecular weight excluding hydrogens is 374 g/mol. The smallest absolute Gasteiger partial charge is 0.240 e. The Morgan fingerprint density at radius 2 is 1.96 bits per heavy atom. The van der Waals surface area contributed by atoms with Crippen LogP contribution in [0.3, 0.4) is 0 Å². The lowest BCUT2D eigenvalue weighted by Crippen LogP contribution is -2.40. The van der Waals surface area contributed by atoms with Gasteiger partial charge in [-0.25, -0.2) is 13.1 Å². The van der Waals surface area contributed by atoms with E-state index in [1.165, 1.54) is 5.56 Å². The molecule has 0 saturated heterocycles. The molecule has 1 heterocycles. The summed E-state index contributed by atoms with van der Waals surface area (Å²) in [6.45, 7) is 3.14. The minimum Gasteiger partial charge on any atom is -0.497 e. The summed E-state index contributed by atoms with van der Waals surface area (Å²) in [7, 11) is -1.93. The third kappa shape index (κ3) is 5.28. The number of methoxy groups -OCH3 is 1. The summed E-state index contributed by atoms with van der Waals surface area (Å²) in [4.78, 5) is 4.30. The van der Waals surface area contributed by atoms with Gasteiger partial charge in [-0.2, -0.15) is 0 Å². The molecule has 0 aliphatic carbocycles. The molecule has 0 aliphatic rings. The van der Waals surface area contributed by atoms with Crippen molar-refractivity contribution in [3.8, 4) is 5.75 Å². The summed E-state index contributed by atoms with van der Waals surface area (Å²) in [6.07, 6.45) is 4.21. The van der Waals surface area contributed by atoms with Gasteiger partial charge in [-0.05, 0) is 61.2 Å². The molecule has 148 valence electrons. The molecule has 0 saturated carbocycles. The highest BCUT2D eigenvalue weighted by atomic mass is 32.2. The van der Waals surface area contributed by atoms with Crippen molar-refractivity contribution in [2.75, 3.05) is 20.2 Å². The van der Waals surface area contributed by atoms with Gasteiger partial charge in [0.15, 0.2) is 0 Å². The molecule has 1 unspecified atom stereocenters. The highest BCUT2D eigenvalue weighted by molar-refractivity contribution is 7.89. The predicted molar refractivity (Wildman–Crippen MR) is 111 cm³/mol. The van der Waals surface area contributed by atoms with Crippen LogP contribution in [-0.2, 0) is 16.4 Å². The third-order valence-corrected chi connectivity index (χ3v) is 6.04. The first-order chi connectivity index (χ1) is 13.5. The van der Waals surface area contributed by atoms with Gasteiger partial charge in [-0.1, -0.05) is 18.2 Å². The Labute approximate surface area is 166 Å². The van der Waals surface area contributed by atoms with Crippen molar-refractivity contribution in [2.24, 2.45) is 0 Å². The standard InChI is InChI=1S/C21H25N3O3S/c1-16(14-22-10-8-17-4-3-5-20(12-17)27-2)24-28(25,26)21-7-6-19-15-23-11-9-18(19)13-21/h3-7,9,11-13,15-16,22,24H,8,10,14H2,1-2H3. The van der Waals surface area contributed by atoms with Gasteiger partial charge in [0.25, 0.3) is 0 Å². The highest BCUT2D eigenvalue weighted by Crippen LogP contribution is 2.18. The number of ether oxygens (including phenoxy) is 1. The van der Waals surface area contributed by atoms with Gasteiger partial charge in [0, 0.05) is 30.4 Å². The lowest BCUT2D eigenvalue weighted by molar-refractivity contribution is 0.414. The molecule has 1 atom stereocenters. The number of nitrogens with one attached hydrogen (secondary N) is 2. The second-order valence-corrected chi connectivity index (χ2v) is 8.43. The molecule has 6 nitrogen and oxygen atoms in total. The average molecular weight is 400 g/mol. The van der Waals surface area contributed by atoms with E-state index >= 15 is 0 Å². The van der Waals surface area contributed by atoms with E-state index in [0.29, 0.717) is 6.54 Å². The van der Waals surface area contributed by atoms with Crippen LogP contribution in [0.25, 0.3) is 10.8 Å². The minimum atomic E-state index is -3.58. The lowest BCUT2D eigenvalue weighted by Gasteiger charge is -2.15. The van der Waals surface area contributed by atoms with Crippen molar-refractivity contribution in [3.63, 3.8) is 0 Å². The molecule has 0 radical (unpaired) electrons. The Bertz CT molecular complexity index is 1040. The number of benzene rings is 2. The van der Waals surface area contributed by atoms with E-state index in [4.69, 9.17) is 4.74 Å². The fourth-order valence-corrected chi connectivity index (χ4v) is 4.26. The molecule has 1 aromatic heterocycles. The zero-order valence-electron chi connectivity index (χ0n) is 16.1. The molecule has 0 amide bonds. The quantitative estimate of drug-likeness (QED) is 0.541. The highest BCUT2D eigenvalue weighted by Gasteiger charge is 2.17. The monoisotopic (exact) mass is 399 g/mol. The summed E-state index contributed by atoms with van der Waals surface area (Å²) in [5.74, 6) is 0.838. The van der Waals surface area contributed by atoms with Crippen LogP contribution in [0.1, 0.15) is 12.5 Å². The molecule has 3 aromatic rings. The summed E-state index contributed by atoms with van der Waals surface area (Å²) in [6, 6.07) is 14.5. The number of hydrogen-bond acceptors (Lipinski definition) is 5. The molecule has 2 N–H and O–H groups in total. The maximum absolute atomic E-state index is 12.6. The topological polar surface area (TPSA) is 80.3 Å². The van der Waals surface area contributed by atoms with Crippen LogP contribution in [0.4, 0.5) is 0 Å². The van der Waals surface area contributed by atoms with Crippen LogP contribution in [0.5, 0.6) is 5.75 Å². The second kappa shape index (κ2) is 9.14. The van der Waals surface area contributed by atoms with Gasteiger partial charge in [0.1, 0.15) is 5.75 Å². The first-order valence-corrected chi connectivity index (χ1v) is 10.7. The van der Waals surface area contributed by atoms with Crippen LogP contribution in [0, 0.1) is 0 Å². The zero-order valence-corrected chi connectivity index (χ0v) is 16.9. The number of pyridine rings is 1. The number of hydrogen-bond donors (Lipinski definition) is 2. The van der Waals surface area contributed by atoms with E-state index in [-0.39, 0.29) is 10.9 Å². The molecule has 3 rings (SSSR count). The van der Waals surface area contributed by atoms with Gasteiger partial charge in [-0.3, -0.25) is 4.98 Å². The van der Waals surface area contributed by atoms with Gasteiger partial charge in [0.05, 0.1) is 12.0 Å². The minimum absolute atomic E-state index is 0.233. The summed E-state index contributed by atoms with van der Waals surface area (Å²) in [5, 5.41) is 5.06. The molecule has 0 bridgehead atoms. The Kier molecular flexibility index (Phi) is 6.61. The molecule has 7 heteroatoms. The Balaban J connectivity index is 1.52. The van der Waals surface area contributed by atoms with Crippen LogP contribution >= 0.6 is 0 Å². The number of fused-ring (bicyclic) bond motifs is 1. The molecule has 0 aliphatic heterocycles.